The van der Waals surface area contributed by atoms with Crippen molar-refractivity contribution in [3.05, 3.63) is 117 Å². The summed E-state index contributed by atoms with van der Waals surface area (Å²) in [6.45, 7) is 4.12. The molecule has 1 aliphatic rings. The number of aryl methyl sites for hydroxylation is 2. The maximum Gasteiger partial charge on any atom is 0.433 e. The molecule has 1 heterocycles. The lowest BCUT2D eigenvalue weighted by atomic mass is 9.96. The standard InChI is InChI=1S/C37H37N3O5/c1-3-8-32-30(21-23-13-15-24(16-14-23)27-9-5-6-10-28(27)36(38)40-37(43)44)34(42)22-29(31(4-2)39-32)25-17-19-26(20-18-25)45-35-12-7-11-33(35)41/h5-6,9-10,13-20,22,35H,3-4,7-8,11-12,21H2,1-2H3,(H2,38,40)(H,43,44). The van der Waals surface area contributed by atoms with Gasteiger partial charge < -0.3 is 15.6 Å². The van der Waals surface area contributed by atoms with Crippen molar-refractivity contribution >= 4 is 17.7 Å². The number of Topliss-reactive ketones (excluding diaryl/α,β-unsaturated/α-hetero) is 1. The van der Waals surface area contributed by atoms with E-state index in [4.69, 9.17) is 20.6 Å². The molecular weight excluding hydrogens is 566 g/mol. The van der Waals surface area contributed by atoms with Crippen LogP contribution >= 0.6 is 0 Å². The Kier molecular flexibility index (Phi) is 9.82. The number of nitrogens with two attached hydrogens (primary N) is 1. The summed E-state index contributed by atoms with van der Waals surface area (Å²) in [6, 6.07) is 24.3. The Morgan fingerprint density at radius 3 is 2.29 bits per heavy atom. The number of amides is 1. The predicted molar refractivity (Wildman–Crippen MR) is 176 cm³/mol. The fraction of sp³-hybridized carbons (Fsp3) is 0.270. The van der Waals surface area contributed by atoms with E-state index in [2.05, 4.69) is 11.9 Å². The lowest BCUT2D eigenvalue weighted by molar-refractivity contribution is -0.123. The summed E-state index contributed by atoms with van der Waals surface area (Å²) >= 11 is 0. The van der Waals surface area contributed by atoms with Crippen LogP contribution < -0.4 is 15.9 Å². The average molecular weight is 604 g/mol. The van der Waals surface area contributed by atoms with E-state index in [0.717, 1.165) is 58.5 Å². The van der Waals surface area contributed by atoms with Crippen LogP contribution in [0.25, 0.3) is 22.3 Å². The van der Waals surface area contributed by atoms with Crippen molar-refractivity contribution in [1.82, 2.24) is 4.98 Å². The number of aliphatic imine (C=N–C) groups is 1. The van der Waals surface area contributed by atoms with E-state index < -0.39 is 6.09 Å². The first-order valence-corrected chi connectivity index (χ1v) is 15.4. The van der Waals surface area contributed by atoms with E-state index in [-0.39, 0.29) is 23.2 Å². The van der Waals surface area contributed by atoms with E-state index >= 15 is 0 Å². The van der Waals surface area contributed by atoms with E-state index in [1.165, 1.54) is 0 Å². The van der Waals surface area contributed by atoms with Crippen LogP contribution in [0.2, 0.25) is 0 Å². The minimum atomic E-state index is -1.35. The highest BCUT2D eigenvalue weighted by Gasteiger charge is 2.26. The second-order valence-corrected chi connectivity index (χ2v) is 11.2. The SMILES string of the molecule is CCCc1nc(CC)c(-c2ccc(OC3CCCC3=O)cc2)cc(=O)c1Cc1ccc(-c2ccccc2/C(N)=N/C(=O)O)cc1. The number of nitrogens with zero attached hydrogens (tertiary/aromatic N) is 2. The van der Waals surface area contributed by atoms with Crippen molar-refractivity contribution in [2.45, 2.75) is 64.9 Å². The summed E-state index contributed by atoms with van der Waals surface area (Å²) in [5, 5.41) is 9.05. The molecule has 0 bridgehead atoms. The molecule has 8 heteroatoms. The normalized spacial score (nSPS) is 14.8. The van der Waals surface area contributed by atoms with Gasteiger partial charge in [0.05, 0.1) is 0 Å². The smallest absolute Gasteiger partial charge is 0.433 e. The number of carbonyl (C=O) groups is 2. The van der Waals surface area contributed by atoms with Gasteiger partial charge in [-0.15, -0.1) is 0 Å². The molecule has 1 fully saturated rings. The Hall–Kier alpha value is -5.11. The van der Waals surface area contributed by atoms with Crippen LogP contribution in [0.15, 0.2) is 88.6 Å². The first-order chi connectivity index (χ1) is 21.8. The molecular formula is C37H37N3O5. The first kappa shape index (κ1) is 31.3. The van der Waals surface area contributed by atoms with Gasteiger partial charge in [-0.1, -0.05) is 80.9 Å². The Bertz CT molecular complexity index is 1800. The number of carbonyl (C=O) groups excluding carboxylic acids is 1. The first-order valence-electron chi connectivity index (χ1n) is 15.4. The largest absolute Gasteiger partial charge is 0.483 e. The molecule has 4 aromatic rings. The molecule has 1 amide bonds. The molecule has 1 aromatic heterocycles. The van der Waals surface area contributed by atoms with Crippen LogP contribution in [0.1, 0.15) is 67.6 Å². The van der Waals surface area contributed by atoms with Crippen LogP contribution in [0.4, 0.5) is 4.79 Å². The summed E-state index contributed by atoms with van der Waals surface area (Å²) < 4.78 is 5.92. The fourth-order valence-electron chi connectivity index (χ4n) is 5.80. The van der Waals surface area contributed by atoms with Gasteiger partial charge in [0.1, 0.15) is 11.6 Å². The molecule has 0 spiro atoms. The Balaban J connectivity index is 1.46. The molecule has 1 unspecified atom stereocenters. The van der Waals surface area contributed by atoms with Crippen molar-refractivity contribution in [3.63, 3.8) is 0 Å². The second kappa shape index (κ2) is 14.1. The summed E-state index contributed by atoms with van der Waals surface area (Å²) in [5.74, 6) is 0.717. The maximum absolute atomic E-state index is 13.8. The van der Waals surface area contributed by atoms with E-state index in [1.54, 1.807) is 18.2 Å². The van der Waals surface area contributed by atoms with Crippen molar-refractivity contribution in [2.75, 3.05) is 0 Å². The lowest BCUT2D eigenvalue weighted by Crippen LogP contribution is -2.20. The molecule has 1 aliphatic carbocycles. The van der Waals surface area contributed by atoms with Gasteiger partial charge >= 0.3 is 6.09 Å². The van der Waals surface area contributed by atoms with Crippen LogP contribution in [0.5, 0.6) is 5.75 Å². The molecule has 0 aliphatic heterocycles. The highest BCUT2D eigenvalue weighted by atomic mass is 16.5. The third-order valence-electron chi connectivity index (χ3n) is 8.08. The molecule has 0 saturated heterocycles. The maximum atomic E-state index is 13.8. The lowest BCUT2D eigenvalue weighted by Gasteiger charge is -2.12. The van der Waals surface area contributed by atoms with E-state index in [1.807, 2.05) is 67.6 Å². The van der Waals surface area contributed by atoms with Crippen LogP contribution in [0, 0.1) is 0 Å². The van der Waals surface area contributed by atoms with E-state index in [0.29, 0.717) is 42.6 Å². The molecule has 1 atom stereocenters. The number of hydrogen-bond acceptors (Lipinski definition) is 5. The quantitative estimate of drug-likeness (QED) is 0.151. The van der Waals surface area contributed by atoms with E-state index in [9.17, 15) is 14.4 Å². The van der Waals surface area contributed by atoms with Crippen molar-refractivity contribution in [2.24, 2.45) is 10.7 Å². The zero-order valence-corrected chi connectivity index (χ0v) is 25.6. The van der Waals surface area contributed by atoms with Crippen LogP contribution in [-0.4, -0.2) is 33.9 Å². The zero-order valence-electron chi connectivity index (χ0n) is 25.6. The molecule has 3 N–H and O–H groups in total. The predicted octanol–water partition coefficient (Wildman–Crippen LogP) is 6.77. The number of hydrogen-bond donors (Lipinski definition) is 2. The topological polar surface area (TPSA) is 132 Å². The van der Waals surface area contributed by atoms with Crippen molar-refractivity contribution in [1.29, 1.82) is 0 Å². The van der Waals surface area contributed by atoms with Gasteiger partial charge in [-0.2, -0.15) is 4.99 Å². The zero-order chi connectivity index (χ0) is 31.9. The number of ketones is 1. The number of benzene rings is 3. The highest BCUT2D eigenvalue weighted by molar-refractivity contribution is 6.07. The van der Waals surface area contributed by atoms with Crippen molar-refractivity contribution in [3.8, 4) is 28.0 Å². The van der Waals surface area contributed by atoms with Gasteiger partial charge in [0.25, 0.3) is 0 Å². The molecule has 45 heavy (non-hydrogen) atoms. The molecule has 1 saturated carbocycles. The van der Waals surface area contributed by atoms with Gasteiger partial charge in [-0.05, 0) is 66.1 Å². The van der Waals surface area contributed by atoms with Crippen LogP contribution in [0.3, 0.4) is 0 Å². The number of carboxylic acid groups (broad SMARTS) is 1. The summed E-state index contributed by atoms with van der Waals surface area (Å²) in [4.78, 5) is 45.5. The highest BCUT2D eigenvalue weighted by Crippen LogP contribution is 2.28. The molecule has 8 nitrogen and oxygen atoms in total. The average Bonchev–Trinajstić information content (AvgIpc) is 3.39. The number of amidine groups is 1. The molecule has 230 valence electrons. The summed E-state index contributed by atoms with van der Waals surface area (Å²) in [6.07, 6.45) is 3.06. The van der Waals surface area contributed by atoms with Crippen LogP contribution in [-0.2, 0) is 24.1 Å². The molecule has 0 radical (unpaired) electrons. The monoisotopic (exact) mass is 603 g/mol. The second-order valence-electron chi connectivity index (χ2n) is 11.2. The Morgan fingerprint density at radius 1 is 0.956 bits per heavy atom. The van der Waals surface area contributed by atoms with Gasteiger partial charge in [0, 0.05) is 40.9 Å². The number of rotatable bonds is 10. The molecule has 3 aromatic carbocycles. The minimum absolute atomic E-state index is 0.0652. The third-order valence-corrected chi connectivity index (χ3v) is 8.08. The minimum Gasteiger partial charge on any atom is -0.483 e. The van der Waals surface area contributed by atoms with Crippen molar-refractivity contribution < 1.29 is 19.4 Å². The van der Waals surface area contributed by atoms with Gasteiger partial charge in [-0.3, -0.25) is 14.6 Å². The van der Waals surface area contributed by atoms with Gasteiger partial charge in [0.2, 0.25) is 0 Å². The number of ether oxygens (including phenoxy) is 1. The van der Waals surface area contributed by atoms with Gasteiger partial charge in [0.15, 0.2) is 17.3 Å². The molecule has 5 rings (SSSR count). The third kappa shape index (κ3) is 7.34. The summed E-state index contributed by atoms with van der Waals surface area (Å²) in [7, 11) is 0. The Labute approximate surface area is 262 Å². The summed E-state index contributed by atoms with van der Waals surface area (Å²) in [5.41, 5.74) is 13.0. The Morgan fingerprint density at radius 2 is 1.64 bits per heavy atom. The number of aromatic nitrogens is 1. The fourth-order valence-corrected chi connectivity index (χ4v) is 5.80. The van der Waals surface area contributed by atoms with Gasteiger partial charge in [-0.25, -0.2) is 4.79 Å².